The van der Waals surface area contributed by atoms with E-state index in [1.807, 2.05) is 0 Å². The molecule has 1 aliphatic carbocycles. The third-order valence-corrected chi connectivity index (χ3v) is 6.62. The first-order valence-corrected chi connectivity index (χ1v) is 11.3. The summed E-state index contributed by atoms with van der Waals surface area (Å²) in [6.45, 7) is 5.70. The summed E-state index contributed by atoms with van der Waals surface area (Å²) in [5.41, 5.74) is 4.21. The van der Waals surface area contributed by atoms with Gasteiger partial charge in [0.25, 0.3) is 0 Å². The van der Waals surface area contributed by atoms with Gasteiger partial charge in [-0.25, -0.2) is 0 Å². The van der Waals surface area contributed by atoms with Gasteiger partial charge in [-0.1, -0.05) is 54.1 Å². The molecule has 0 radical (unpaired) electrons. The number of nitrogens with two attached hydrogens (primary N) is 1. The summed E-state index contributed by atoms with van der Waals surface area (Å²) < 4.78 is 0. The Morgan fingerprint density at radius 3 is 2.50 bits per heavy atom. The molecule has 2 aromatic rings. The zero-order valence-electron chi connectivity index (χ0n) is 16.7. The van der Waals surface area contributed by atoms with Crippen molar-refractivity contribution in [2.45, 2.75) is 49.7 Å². The van der Waals surface area contributed by atoms with E-state index in [1.165, 1.54) is 61.0 Å². The number of nitrogens with zero attached hydrogens (tertiary/aromatic N) is 1. The van der Waals surface area contributed by atoms with Crippen LogP contribution in [-0.2, 0) is 6.54 Å². The molecule has 2 atom stereocenters. The Bertz CT molecular complexity index is 779. The average Bonchev–Trinajstić information content (AvgIpc) is 3.50. The van der Waals surface area contributed by atoms with Crippen LogP contribution in [0.25, 0.3) is 6.08 Å². The van der Waals surface area contributed by atoms with Gasteiger partial charge in [-0.2, -0.15) is 0 Å². The molecule has 0 spiro atoms. The summed E-state index contributed by atoms with van der Waals surface area (Å²) in [4.78, 5) is 3.70. The fraction of sp³-hybridized carbons (Fsp3) is 0.417. The zero-order valence-corrected chi connectivity index (χ0v) is 17.5. The molecule has 1 aliphatic heterocycles. The van der Waals surface area contributed by atoms with Gasteiger partial charge < -0.3 is 5.32 Å². The molecule has 0 bridgehead atoms. The molecule has 148 valence electrons. The molecule has 28 heavy (non-hydrogen) atoms. The van der Waals surface area contributed by atoms with Crippen LogP contribution in [-0.4, -0.2) is 30.1 Å². The first kappa shape index (κ1) is 19.7. The van der Waals surface area contributed by atoms with E-state index in [4.69, 9.17) is 5.14 Å². The van der Waals surface area contributed by atoms with Gasteiger partial charge in [0.15, 0.2) is 0 Å². The second kappa shape index (κ2) is 9.27. The van der Waals surface area contributed by atoms with Crippen LogP contribution in [0.1, 0.15) is 37.3 Å². The van der Waals surface area contributed by atoms with Gasteiger partial charge in [0.2, 0.25) is 0 Å². The predicted octanol–water partition coefficient (Wildman–Crippen LogP) is 4.70. The normalized spacial score (nSPS) is 23.7. The van der Waals surface area contributed by atoms with E-state index in [2.05, 4.69) is 77.8 Å². The summed E-state index contributed by atoms with van der Waals surface area (Å²) in [5, 5.41) is 9.53. The Balaban J connectivity index is 1.20. The molecule has 0 aromatic heterocycles. The summed E-state index contributed by atoms with van der Waals surface area (Å²) >= 11 is 1.31. The molecule has 0 amide bonds. The molecular formula is C24H31N3S. The Hall–Kier alpha value is -1.59. The average molecular weight is 394 g/mol. The van der Waals surface area contributed by atoms with E-state index >= 15 is 0 Å². The van der Waals surface area contributed by atoms with E-state index < -0.39 is 0 Å². The summed E-state index contributed by atoms with van der Waals surface area (Å²) in [7, 11) is 0. The monoisotopic (exact) mass is 393 g/mol. The zero-order chi connectivity index (χ0) is 19.3. The van der Waals surface area contributed by atoms with Crippen molar-refractivity contribution in [2.75, 3.05) is 13.1 Å². The van der Waals surface area contributed by atoms with E-state index in [0.29, 0.717) is 12.1 Å². The summed E-state index contributed by atoms with van der Waals surface area (Å²) in [6.07, 6.45) is 6.15. The molecule has 2 aromatic carbocycles. The van der Waals surface area contributed by atoms with Crippen LogP contribution < -0.4 is 10.5 Å². The van der Waals surface area contributed by atoms with Crippen molar-refractivity contribution in [3.05, 3.63) is 71.3 Å². The Labute approximate surface area is 173 Å². The van der Waals surface area contributed by atoms with E-state index in [9.17, 15) is 0 Å². The van der Waals surface area contributed by atoms with Crippen molar-refractivity contribution < 1.29 is 0 Å². The van der Waals surface area contributed by atoms with Crippen LogP contribution in [0.3, 0.4) is 0 Å². The quantitative estimate of drug-likeness (QED) is 0.669. The number of hydrogen-bond acceptors (Lipinski definition) is 4. The number of nitrogens with one attached hydrogen (secondary N) is 1. The number of rotatable bonds is 7. The fourth-order valence-electron chi connectivity index (χ4n) is 4.29. The topological polar surface area (TPSA) is 41.3 Å². The molecule has 1 heterocycles. The van der Waals surface area contributed by atoms with Crippen molar-refractivity contribution in [3.8, 4) is 0 Å². The lowest BCUT2D eigenvalue weighted by atomic mass is 10.0. The number of likely N-dealkylation sites (tertiary alicyclic amines) is 1. The molecule has 2 fully saturated rings. The van der Waals surface area contributed by atoms with Crippen molar-refractivity contribution in [1.29, 1.82) is 0 Å². The summed E-state index contributed by atoms with van der Waals surface area (Å²) in [5.74, 6) is 0.720. The summed E-state index contributed by atoms with van der Waals surface area (Å²) in [6, 6.07) is 20.7. The van der Waals surface area contributed by atoms with Crippen molar-refractivity contribution >= 4 is 18.0 Å². The lowest BCUT2D eigenvalue weighted by molar-refractivity contribution is 0.189. The highest BCUT2D eigenvalue weighted by atomic mass is 32.2. The van der Waals surface area contributed by atoms with Crippen molar-refractivity contribution in [1.82, 2.24) is 10.2 Å². The first-order chi connectivity index (χ1) is 13.7. The van der Waals surface area contributed by atoms with Gasteiger partial charge in [0.1, 0.15) is 0 Å². The minimum Gasteiger partial charge on any atom is -0.311 e. The van der Waals surface area contributed by atoms with Gasteiger partial charge in [-0.3, -0.25) is 10.0 Å². The SMILES string of the molecule is C/C(=C\c1ccccc1)[C@@H]1CC1NC1CCN(Cc2ccc(SN)cc2)CC1. The highest BCUT2D eigenvalue weighted by Crippen LogP contribution is 2.38. The van der Waals surface area contributed by atoms with E-state index in [1.54, 1.807) is 0 Å². The number of piperidine rings is 1. The fourth-order valence-corrected chi connectivity index (χ4v) is 4.59. The lowest BCUT2D eigenvalue weighted by Crippen LogP contribution is -2.43. The molecule has 1 saturated carbocycles. The van der Waals surface area contributed by atoms with Crippen LogP contribution in [0.5, 0.6) is 0 Å². The third kappa shape index (κ3) is 5.26. The molecule has 4 heteroatoms. The maximum Gasteiger partial charge on any atom is 0.0233 e. The first-order valence-electron chi connectivity index (χ1n) is 10.4. The standard InChI is InChI=1S/C24H31N3S/c1-18(15-19-5-3-2-4-6-19)23-16-24(23)26-21-11-13-27(14-12-21)17-20-7-9-22(28-25)10-8-20/h2-10,15,21,23-24,26H,11-14,16-17,25H2,1H3/b18-15+/t23-,24?/m0/s1. The molecular weight excluding hydrogens is 362 g/mol. The van der Waals surface area contributed by atoms with Crippen LogP contribution >= 0.6 is 11.9 Å². The number of hydrogen-bond donors (Lipinski definition) is 2. The molecule has 3 N–H and O–H groups in total. The van der Waals surface area contributed by atoms with Crippen LogP contribution in [0.15, 0.2) is 65.1 Å². The molecule has 3 nitrogen and oxygen atoms in total. The van der Waals surface area contributed by atoms with Crippen molar-refractivity contribution in [2.24, 2.45) is 11.1 Å². The highest BCUT2D eigenvalue weighted by molar-refractivity contribution is 7.97. The van der Waals surface area contributed by atoms with E-state index in [-0.39, 0.29) is 0 Å². The predicted molar refractivity (Wildman–Crippen MR) is 120 cm³/mol. The largest absolute Gasteiger partial charge is 0.311 e. The highest BCUT2D eigenvalue weighted by Gasteiger charge is 2.39. The maximum absolute atomic E-state index is 5.61. The van der Waals surface area contributed by atoms with Crippen LogP contribution in [0, 0.1) is 5.92 Å². The minimum atomic E-state index is 0.673. The Kier molecular flexibility index (Phi) is 6.53. The Morgan fingerprint density at radius 1 is 1.11 bits per heavy atom. The van der Waals surface area contributed by atoms with Crippen molar-refractivity contribution in [3.63, 3.8) is 0 Å². The van der Waals surface area contributed by atoms with Crippen LogP contribution in [0.4, 0.5) is 0 Å². The molecule has 1 unspecified atom stereocenters. The Morgan fingerprint density at radius 2 is 1.82 bits per heavy atom. The molecule has 4 rings (SSSR count). The van der Waals surface area contributed by atoms with E-state index in [0.717, 1.165) is 17.4 Å². The third-order valence-electron chi connectivity index (χ3n) is 6.07. The second-order valence-corrected chi connectivity index (χ2v) is 8.93. The van der Waals surface area contributed by atoms with Gasteiger partial charge >= 0.3 is 0 Å². The smallest absolute Gasteiger partial charge is 0.0233 e. The molecule has 2 aliphatic rings. The molecule has 1 saturated heterocycles. The number of benzene rings is 2. The lowest BCUT2D eigenvalue weighted by Gasteiger charge is -2.32. The van der Waals surface area contributed by atoms with Gasteiger partial charge in [0, 0.05) is 23.5 Å². The van der Waals surface area contributed by atoms with Gasteiger partial charge in [-0.15, -0.1) is 0 Å². The van der Waals surface area contributed by atoms with Gasteiger partial charge in [0.05, 0.1) is 0 Å². The van der Waals surface area contributed by atoms with Crippen LogP contribution in [0.2, 0.25) is 0 Å². The second-order valence-electron chi connectivity index (χ2n) is 8.23. The minimum absolute atomic E-state index is 0.673. The maximum atomic E-state index is 5.61. The van der Waals surface area contributed by atoms with Gasteiger partial charge in [-0.05, 0) is 80.4 Å².